The molecule has 3 heterocycles. The van der Waals surface area contributed by atoms with Gasteiger partial charge in [-0.2, -0.15) is 0 Å². The number of aromatic nitrogens is 2. The van der Waals surface area contributed by atoms with Crippen LogP contribution in [0.3, 0.4) is 0 Å². The quantitative estimate of drug-likeness (QED) is 0.485. The van der Waals surface area contributed by atoms with Crippen molar-refractivity contribution in [2.24, 2.45) is 37.8 Å². The molecule has 0 radical (unpaired) electrons. The van der Waals surface area contributed by atoms with Gasteiger partial charge in [0.1, 0.15) is 0 Å². The fourth-order valence-corrected chi connectivity index (χ4v) is 8.90. The standard InChI is InChI=1S/C27H33N3/c1-16-7-5-6-8-22(16)30-17(2)25-24(26-23(29(25)4)9-10-28(26)3)27(30)20-12-18-11-19(14-20)15-21(27)13-18/h5-10,17-21H,11-15H2,1-4H3. The Labute approximate surface area is 179 Å². The van der Waals surface area contributed by atoms with Crippen LogP contribution >= 0.6 is 0 Å². The van der Waals surface area contributed by atoms with Gasteiger partial charge in [0, 0.05) is 37.2 Å². The zero-order valence-corrected chi connectivity index (χ0v) is 18.7. The molecule has 2 aromatic heterocycles. The Bertz CT molecular complexity index is 1150. The molecule has 1 spiro atoms. The van der Waals surface area contributed by atoms with Crippen LogP contribution in [-0.4, -0.2) is 9.13 Å². The topological polar surface area (TPSA) is 13.1 Å². The largest absolute Gasteiger partial charge is 0.353 e. The average Bonchev–Trinajstić information content (AvgIpc) is 3.31. The van der Waals surface area contributed by atoms with Gasteiger partial charge in [-0.3, -0.25) is 0 Å². The van der Waals surface area contributed by atoms with Crippen molar-refractivity contribution in [1.82, 2.24) is 9.13 Å². The number of benzene rings is 1. The summed E-state index contributed by atoms with van der Waals surface area (Å²) >= 11 is 0. The van der Waals surface area contributed by atoms with Crippen molar-refractivity contribution in [3.05, 3.63) is 53.3 Å². The number of rotatable bonds is 1. The van der Waals surface area contributed by atoms with E-state index >= 15 is 0 Å². The molecule has 30 heavy (non-hydrogen) atoms. The Morgan fingerprint density at radius 3 is 2.23 bits per heavy atom. The second-order valence-electron chi connectivity index (χ2n) is 10.9. The highest BCUT2D eigenvalue weighted by molar-refractivity contribution is 5.88. The summed E-state index contributed by atoms with van der Waals surface area (Å²) in [5.41, 5.74) is 9.25. The van der Waals surface area contributed by atoms with E-state index in [9.17, 15) is 0 Å². The summed E-state index contributed by atoms with van der Waals surface area (Å²) in [5, 5.41) is 0. The highest BCUT2D eigenvalue weighted by Gasteiger charge is 2.66. The second-order valence-corrected chi connectivity index (χ2v) is 10.9. The molecule has 4 saturated carbocycles. The van der Waals surface area contributed by atoms with Gasteiger partial charge < -0.3 is 14.0 Å². The first-order chi connectivity index (χ1) is 14.5. The van der Waals surface area contributed by atoms with Gasteiger partial charge in [0.2, 0.25) is 0 Å². The van der Waals surface area contributed by atoms with Crippen molar-refractivity contribution in [2.45, 2.75) is 57.5 Å². The number of aryl methyl sites for hydroxylation is 3. The first-order valence-electron chi connectivity index (χ1n) is 12.0. The van der Waals surface area contributed by atoms with Gasteiger partial charge in [-0.25, -0.2) is 0 Å². The van der Waals surface area contributed by atoms with Crippen molar-refractivity contribution in [3.8, 4) is 0 Å². The molecule has 1 aromatic carbocycles. The number of para-hydroxylation sites is 1. The molecule has 5 aliphatic rings. The van der Waals surface area contributed by atoms with Crippen molar-refractivity contribution >= 4 is 16.7 Å². The molecule has 0 amide bonds. The summed E-state index contributed by atoms with van der Waals surface area (Å²) in [6, 6.07) is 11.9. The Kier molecular flexibility index (Phi) is 3.24. The van der Waals surface area contributed by atoms with Crippen molar-refractivity contribution < 1.29 is 0 Å². The molecule has 1 unspecified atom stereocenters. The SMILES string of the molecule is Cc1ccccc1N1C(C)c2c(c3c(ccn3C)n2C)C12C1CC3CC(C1)CC2C3. The van der Waals surface area contributed by atoms with Crippen LogP contribution in [0.2, 0.25) is 0 Å². The summed E-state index contributed by atoms with van der Waals surface area (Å²) in [4.78, 5) is 2.92. The zero-order chi connectivity index (χ0) is 20.4. The molecule has 4 bridgehead atoms. The molecule has 0 saturated heterocycles. The molecule has 0 N–H and O–H groups in total. The van der Waals surface area contributed by atoms with Crippen LogP contribution in [0.1, 0.15) is 61.9 Å². The van der Waals surface area contributed by atoms with Crippen LogP contribution in [0.5, 0.6) is 0 Å². The zero-order valence-electron chi connectivity index (χ0n) is 18.7. The summed E-state index contributed by atoms with van der Waals surface area (Å²) < 4.78 is 4.94. The fraction of sp³-hybridized carbons (Fsp3) is 0.556. The molecule has 1 aliphatic heterocycles. The second kappa shape index (κ2) is 5.55. The molecule has 1 atom stereocenters. The third-order valence-electron chi connectivity index (χ3n) is 9.61. The first-order valence-corrected chi connectivity index (χ1v) is 12.0. The van der Waals surface area contributed by atoms with Crippen molar-refractivity contribution in [2.75, 3.05) is 4.90 Å². The van der Waals surface area contributed by atoms with Crippen LogP contribution in [0, 0.1) is 30.6 Å². The van der Waals surface area contributed by atoms with E-state index in [0.29, 0.717) is 6.04 Å². The molecule has 3 heteroatoms. The van der Waals surface area contributed by atoms with Crippen LogP contribution in [0.25, 0.3) is 11.0 Å². The van der Waals surface area contributed by atoms with Crippen LogP contribution in [0.15, 0.2) is 36.5 Å². The molecular weight excluding hydrogens is 366 g/mol. The number of hydrogen-bond donors (Lipinski definition) is 0. The molecule has 156 valence electrons. The predicted octanol–water partition coefficient (Wildman–Crippen LogP) is 6.06. The van der Waals surface area contributed by atoms with E-state index in [1.807, 2.05) is 0 Å². The number of fused-ring (bicyclic) bond motifs is 3. The van der Waals surface area contributed by atoms with Crippen molar-refractivity contribution in [3.63, 3.8) is 0 Å². The summed E-state index contributed by atoms with van der Waals surface area (Å²) in [6.45, 7) is 4.79. The minimum Gasteiger partial charge on any atom is -0.353 e. The highest BCUT2D eigenvalue weighted by atomic mass is 15.3. The van der Waals surface area contributed by atoms with E-state index in [-0.39, 0.29) is 5.54 Å². The molecule has 4 fully saturated rings. The lowest BCUT2D eigenvalue weighted by atomic mass is 9.47. The van der Waals surface area contributed by atoms with E-state index < -0.39 is 0 Å². The Morgan fingerprint density at radius 2 is 1.57 bits per heavy atom. The van der Waals surface area contributed by atoms with Crippen LogP contribution in [0.4, 0.5) is 5.69 Å². The minimum absolute atomic E-state index is 0.167. The monoisotopic (exact) mass is 399 g/mol. The summed E-state index contributed by atoms with van der Waals surface area (Å²) in [6.07, 6.45) is 9.51. The van der Waals surface area contributed by atoms with Gasteiger partial charge in [0.25, 0.3) is 0 Å². The Hall–Kier alpha value is -2.16. The molecular formula is C27H33N3. The van der Waals surface area contributed by atoms with Crippen LogP contribution in [-0.2, 0) is 19.6 Å². The first kappa shape index (κ1) is 17.5. The third-order valence-corrected chi connectivity index (χ3v) is 9.61. The van der Waals surface area contributed by atoms with E-state index in [2.05, 4.69) is 78.5 Å². The lowest BCUT2D eigenvalue weighted by molar-refractivity contribution is -0.0597. The highest BCUT2D eigenvalue weighted by Crippen LogP contribution is 2.69. The van der Waals surface area contributed by atoms with E-state index in [1.54, 1.807) is 11.3 Å². The normalized spacial score (nSPS) is 36.4. The minimum atomic E-state index is 0.167. The maximum atomic E-state index is 2.92. The van der Waals surface area contributed by atoms with Gasteiger partial charge in [0.05, 0.1) is 22.6 Å². The predicted molar refractivity (Wildman–Crippen MR) is 123 cm³/mol. The number of nitrogens with zero attached hydrogens (tertiary/aromatic N) is 3. The van der Waals surface area contributed by atoms with E-state index in [4.69, 9.17) is 0 Å². The van der Waals surface area contributed by atoms with Gasteiger partial charge >= 0.3 is 0 Å². The molecule has 8 rings (SSSR count). The van der Waals surface area contributed by atoms with Gasteiger partial charge in [-0.15, -0.1) is 0 Å². The maximum Gasteiger partial charge on any atom is 0.0756 e. The smallest absolute Gasteiger partial charge is 0.0756 e. The third kappa shape index (κ3) is 1.81. The van der Waals surface area contributed by atoms with Gasteiger partial charge in [0.15, 0.2) is 0 Å². The number of anilines is 1. The average molecular weight is 400 g/mol. The summed E-state index contributed by atoms with van der Waals surface area (Å²) in [5.74, 6) is 3.53. The Balaban J connectivity index is 1.59. The molecule has 3 aromatic rings. The van der Waals surface area contributed by atoms with Crippen molar-refractivity contribution in [1.29, 1.82) is 0 Å². The van der Waals surface area contributed by atoms with Crippen LogP contribution < -0.4 is 4.90 Å². The molecule has 3 nitrogen and oxygen atoms in total. The fourth-order valence-electron chi connectivity index (χ4n) is 8.90. The summed E-state index contributed by atoms with van der Waals surface area (Å²) in [7, 11) is 4.57. The van der Waals surface area contributed by atoms with Gasteiger partial charge in [-0.1, -0.05) is 18.2 Å². The van der Waals surface area contributed by atoms with Gasteiger partial charge in [-0.05, 0) is 87.3 Å². The maximum absolute atomic E-state index is 2.92. The van der Waals surface area contributed by atoms with E-state index in [1.165, 1.54) is 54.4 Å². The van der Waals surface area contributed by atoms with E-state index in [0.717, 1.165) is 23.7 Å². The molecule has 4 aliphatic carbocycles. The lowest BCUT2D eigenvalue weighted by Crippen LogP contribution is -2.62. The Morgan fingerprint density at radius 1 is 0.900 bits per heavy atom. The number of hydrogen-bond acceptors (Lipinski definition) is 1. The lowest BCUT2D eigenvalue weighted by Gasteiger charge is -2.64.